The largest absolute Gasteiger partial charge is 0.389 e. The number of hydrogen-bond acceptors (Lipinski definition) is 3. The topological polar surface area (TPSA) is 66.6 Å². The van der Waals surface area contributed by atoms with Crippen LogP contribution in [-0.4, -0.2) is 24.1 Å². The smallest absolute Gasteiger partial charge is 0.236 e. The van der Waals surface area contributed by atoms with E-state index in [0.29, 0.717) is 0 Å². The monoisotopic (exact) mass is 250 g/mol. The van der Waals surface area contributed by atoms with E-state index in [1.165, 1.54) is 0 Å². The van der Waals surface area contributed by atoms with E-state index in [1.54, 1.807) is 6.92 Å². The van der Waals surface area contributed by atoms with Crippen LogP contribution in [0, 0.1) is 0 Å². The van der Waals surface area contributed by atoms with Crippen LogP contribution >= 0.6 is 0 Å². The Hall–Kier alpha value is -1.55. The Morgan fingerprint density at radius 3 is 2.44 bits per heavy atom. The minimum absolute atomic E-state index is 0.230. The van der Waals surface area contributed by atoms with Crippen LogP contribution in [0.3, 0.4) is 0 Å². The molecule has 0 heterocycles. The number of benzene rings is 1. The predicted octanol–water partition coefficient (Wildman–Crippen LogP) is 1.83. The number of primary amides is 1. The van der Waals surface area contributed by atoms with Crippen LogP contribution in [0.15, 0.2) is 24.3 Å². The number of unbranched alkanes of at least 4 members (excludes halogenated alkanes) is 1. The standard InChI is InChI=1S/C14H22N2O2/c1-3-4-9-16(10-14(15)18)13-7-5-12(6-8-13)11(2)17/h5-8,11,17H,3-4,9-10H2,1-2H3,(H2,15,18). The summed E-state index contributed by atoms with van der Waals surface area (Å²) < 4.78 is 0. The van der Waals surface area contributed by atoms with Gasteiger partial charge < -0.3 is 15.7 Å². The number of carbonyl (C=O) groups is 1. The highest BCUT2D eigenvalue weighted by molar-refractivity contribution is 5.79. The molecule has 0 aliphatic rings. The highest BCUT2D eigenvalue weighted by Crippen LogP contribution is 2.19. The fourth-order valence-electron chi connectivity index (χ4n) is 1.80. The summed E-state index contributed by atoms with van der Waals surface area (Å²) in [4.78, 5) is 13.0. The summed E-state index contributed by atoms with van der Waals surface area (Å²) >= 11 is 0. The molecule has 0 aromatic heterocycles. The number of aliphatic hydroxyl groups is 1. The van der Waals surface area contributed by atoms with Gasteiger partial charge in [0.25, 0.3) is 0 Å². The lowest BCUT2D eigenvalue weighted by atomic mass is 10.1. The zero-order valence-electron chi connectivity index (χ0n) is 11.1. The number of amides is 1. The molecule has 1 rings (SSSR count). The third-order valence-electron chi connectivity index (χ3n) is 2.87. The van der Waals surface area contributed by atoms with Gasteiger partial charge in [0.05, 0.1) is 12.6 Å². The van der Waals surface area contributed by atoms with Gasteiger partial charge >= 0.3 is 0 Å². The maximum atomic E-state index is 11.1. The maximum absolute atomic E-state index is 11.1. The van der Waals surface area contributed by atoms with Gasteiger partial charge in [-0.25, -0.2) is 0 Å². The van der Waals surface area contributed by atoms with Gasteiger partial charge in [0.15, 0.2) is 0 Å². The quantitative estimate of drug-likeness (QED) is 0.776. The first-order chi connectivity index (χ1) is 8.54. The van der Waals surface area contributed by atoms with Crippen molar-refractivity contribution in [2.45, 2.75) is 32.8 Å². The van der Waals surface area contributed by atoms with Crippen molar-refractivity contribution in [1.29, 1.82) is 0 Å². The average Bonchev–Trinajstić information content (AvgIpc) is 2.34. The van der Waals surface area contributed by atoms with Crippen LogP contribution in [0.2, 0.25) is 0 Å². The molecule has 0 aliphatic carbocycles. The van der Waals surface area contributed by atoms with Crippen LogP contribution < -0.4 is 10.6 Å². The zero-order chi connectivity index (χ0) is 13.5. The third-order valence-corrected chi connectivity index (χ3v) is 2.87. The second-order valence-corrected chi connectivity index (χ2v) is 4.51. The van der Waals surface area contributed by atoms with Crippen LogP contribution in [0.25, 0.3) is 0 Å². The molecule has 0 saturated carbocycles. The second kappa shape index (κ2) is 7.01. The molecule has 4 heteroatoms. The maximum Gasteiger partial charge on any atom is 0.236 e. The van der Waals surface area contributed by atoms with E-state index in [1.807, 2.05) is 29.2 Å². The van der Waals surface area contributed by atoms with Gasteiger partial charge in [-0.15, -0.1) is 0 Å². The fraction of sp³-hybridized carbons (Fsp3) is 0.500. The molecule has 0 fully saturated rings. The molecule has 0 saturated heterocycles. The lowest BCUT2D eigenvalue weighted by Gasteiger charge is -2.23. The number of carbonyl (C=O) groups excluding carboxylic acids is 1. The van der Waals surface area contributed by atoms with Gasteiger partial charge in [-0.3, -0.25) is 4.79 Å². The molecule has 3 N–H and O–H groups in total. The van der Waals surface area contributed by atoms with Gasteiger partial charge in [0.2, 0.25) is 5.91 Å². The van der Waals surface area contributed by atoms with Crippen molar-refractivity contribution in [3.8, 4) is 0 Å². The highest BCUT2D eigenvalue weighted by atomic mass is 16.3. The Labute approximate surface area is 108 Å². The number of nitrogens with two attached hydrogens (primary N) is 1. The number of aliphatic hydroxyl groups excluding tert-OH is 1. The fourth-order valence-corrected chi connectivity index (χ4v) is 1.80. The number of hydrogen-bond donors (Lipinski definition) is 2. The predicted molar refractivity (Wildman–Crippen MR) is 73.4 cm³/mol. The summed E-state index contributed by atoms with van der Waals surface area (Å²) in [5.41, 5.74) is 7.09. The number of nitrogens with zero attached hydrogens (tertiary/aromatic N) is 1. The molecule has 100 valence electrons. The molecule has 0 spiro atoms. The van der Waals surface area contributed by atoms with Gasteiger partial charge in [0.1, 0.15) is 0 Å². The normalized spacial score (nSPS) is 12.2. The Morgan fingerprint density at radius 1 is 1.39 bits per heavy atom. The van der Waals surface area contributed by atoms with Crippen LogP contribution in [0.5, 0.6) is 0 Å². The first-order valence-electron chi connectivity index (χ1n) is 6.36. The van der Waals surface area contributed by atoms with Gasteiger partial charge in [0, 0.05) is 12.2 Å². The Morgan fingerprint density at radius 2 is 2.00 bits per heavy atom. The van der Waals surface area contributed by atoms with Crippen LogP contribution in [0.1, 0.15) is 38.4 Å². The molecule has 1 aromatic rings. The molecule has 0 bridgehead atoms. The Balaban J connectivity index is 2.80. The minimum atomic E-state index is -0.473. The van der Waals surface area contributed by atoms with Crippen molar-refractivity contribution in [3.05, 3.63) is 29.8 Å². The minimum Gasteiger partial charge on any atom is -0.389 e. The van der Waals surface area contributed by atoms with Crippen molar-refractivity contribution < 1.29 is 9.90 Å². The lowest BCUT2D eigenvalue weighted by molar-refractivity contribution is -0.116. The van der Waals surface area contributed by atoms with E-state index in [9.17, 15) is 9.90 Å². The van der Waals surface area contributed by atoms with Crippen molar-refractivity contribution in [1.82, 2.24) is 0 Å². The van der Waals surface area contributed by atoms with E-state index in [2.05, 4.69) is 6.92 Å². The molecule has 0 radical (unpaired) electrons. The molecule has 0 aliphatic heterocycles. The van der Waals surface area contributed by atoms with E-state index in [-0.39, 0.29) is 12.5 Å². The Kier molecular flexibility index (Phi) is 5.65. The van der Waals surface area contributed by atoms with Crippen LogP contribution in [-0.2, 0) is 4.79 Å². The third kappa shape index (κ3) is 4.37. The van der Waals surface area contributed by atoms with Gasteiger partial charge in [-0.2, -0.15) is 0 Å². The molecule has 1 aromatic carbocycles. The summed E-state index contributed by atoms with van der Waals surface area (Å²) in [7, 11) is 0. The molecule has 1 unspecified atom stereocenters. The van der Waals surface area contributed by atoms with Crippen molar-refractivity contribution in [3.63, 3.8) is 0 Å². The summed E-state index contributed by atoms with van der Waals surface area (Å²) in [6, 6.07) is 7.58. The second-order valence-electron chi connectivity index (χ2n) is 4.51. The first-order valence-corrected chi connectivity index (χ1v) is 6.36. The summed E-state index contributed by atoms with van der Waals surface area (Å²) in [6.07, 6.45) is 1.62. The van der Waals surface area contributed by atoms with Crippen molar-refractivity contribution in [2.24, 2.45) is 5.73 Å². The summed E-state index contributed by atoms with van der Waals surface area (Å²) in [5.74, 6) is -0.328. The van der Waals surface area contributed by atoms with E-state index < -0.39 is 6.10 Å². The first kappa shape index (κ1) is 14.5. The summed E-state index contributed by atoms with van der Waals surface area (Å²) in [6.45, 7) is 4.88. The molecule has 4 nitrogen and oxygen atoms in total. The average molecular weight is 250 g/mol. The molecule has 18 heavy (non-hydrogen) atoms. The van der Waals surface area contributed by atoms with Crippen molar-refractivity contribution in [2.75, 3.05) is 18.0 Å². The van der Waals surface area contributed by atoms with E-state index in [0.717, 1.165) is 30.6 Å². The highest BCUT2D eigenvalue weighted by Gasteiger charge is 2.09. The Bertz CT molecular complexity index is 374. The molecule has 1 amide bonds. The van der Waals surface area contributed by atoms with Crippen LogP contribution in [0.4, 0.5) is 5.69 Å². The lowest BCUT2D eigenvalue weighted by Crippen LogP contribution is -2.34. The number of anilines is 1. The number of rotatable bonds is 7. The van der Waals surface area contributed by atoms with E-state index in [4.69, 9.17) is 5.73 Å². The molecular formula is C14H22N2O2. The zero-order valence-corrected chi connectivity index (χ0v) is 11.1. The molecule has 1 atom stereocenters. The summed E-state index contributed by atoms with van der Waals surface area (Å²) in [5, 5.41) is 9.45. The molecular weight excluding hydrogens is 228 g/mol. The van der Waals surface area contributed by atoms with E-state index >= 15 is 0 Å². The van der Waals surface area contributed by atoms with Gasteiger partial charge in [-0.1, -0.05) is 25.5 Å². The SMILES string of the molecule is CCCCN(CC(N)=O)c1ccc(C(C)O)cc1. The van der Waals surface area contributed by atoms with Gasteiger partial charge in [-0.05, 0) is 31.0 Å². The van der Waals surface area contributed by atoms with Crippen molar-refractivity contribution >= 4 is 11.6 Å².